The first-order chi connectivity index (χ1) is 12.9. The monoisotopic (exact) mass is 373 g/mol. The van der Waals surface area contributed by atoms with Gasteiger partial charge in [-0.2, -0.15) is 13.2 Å². The maximum atomic E-state index is 12.8. The second-order valence-corrected chi connectivity index (χ2v) is 7.06. The van der Waals surface area contributed by atoms with Gasteiger partial charge in [-0.3, -0.25) is 0 Å². The Balaban J connectivity index is 1.83. The summed E-state index contributed by atoms with van der Waals surface area (Å²) >= 11 is 0. The highest BCUT2D eigenvalue weighted by Gasteiger charge is 2.30. The number of hydrogen-bond acceptors (Lipinski definition) is 1. The van der Waals surface area contributed by atoms with Crippen LogP contribution in [0.5, 0.6) is 0 Å². The van der Waals surface area contributed by atoms with E-state index in [1.165, 1.54) is 34.4 Å². The smallest absolute Gasteiger partial charge is 0.304 e. The fraction of sp³-hybridized carbons (Fsp3) is 0.391. The quantitative estimate of drug-likeness (QED) is 0.576. The molecule has 2 aromatic rings. The van der Waals surface area contributed by atoms with Crippen molar-refractivity contribution in [2.75, 3.05) is 19.6 Å². The number of nitrogens with zero attached hydrogens (tertiary/aromatic N) is 1. The molecule has 27 heavy (non-hydrogen) atoms. The SMILES string of the molecule is CCN(CC)CCC1=C(Cc2ccc(C(F)(F)F)cc2)Cc2ccccc21. The van der Waals surface area contributed by atoms with Gasteiger partial charge in [0.25, 0.3) is 0 Å². The third-order valence-corrected chi connectivity index (χ3v) is 5.44. The molecule has 0 amide bonds. The zero-order valence-electron chi connectivity index (χ0n) is 15.9. The van der Waals surface area contributed by atoms with Crippen molar-refractivity contribution in [3.8, 4) is 0 Å². The second-order valence-electron chi connectivity index (χ2n) is 7.06. The highest BCUT2D eigenvalue weighted by molar-refractivity contribution is 5.77. The van der Waals surface area contributed by atoms with Gasteiger partial charge in [-0.05, 0) is 66.7 Å². The van der Waals surface area contributed by atoms with Gasteiger partial charge in [0.05, 0.1) is 5.56 Å². The Bertz CT molecular complexity index is 799. The first-order valence-electron chi connectivity index (χ1n) is 9.60. The van der Waals surface area contributed by atoms with Crippen molar-refractivity contribution in [3.63, 3.8) is 0 Å². The van der Waals surface area contributed by atoms with Crippen LogP contribution in [0.3, 0.4) is 0 Å². The predicted molar refractivity (Wildman–Crippen MR) is 105 cm³/mol. The van der Waals surface area contributed by atoms with Gasteiger partial charge < -0.3 is 4.90 Å². The number of allylic oxidation sites excluding steroid dienone is 1. The van der Waals surface area contributed by atoms with E-state index in [4.69, 9.17) is 0 Å². The van der Waals surface area contributed by atoms with Crippen LogP contribution in [0.15, 0.2) is 54.1 Å². The van der Waals surface area contributed by atoms with Crippen LogP contribution in [0.25, 0.3) is 5.57 Å². The fourth-order valence-corrected chi connectivity index (χ4v) is 3.84. The van der Waals surface area contributed by atoms with Crippen LogP contribution >= 0.6 is 0 Å². The molecule has 0 unspecified atom stereocenters. The molecular weight excluding hydrogens is 347 g/mol. The van der Waals surface area contributed by atoms with Crippen LogP contribution in [-0.2, 0) is 19.0 Å². The van der Waals surface area contributed by atoms with E-state index in [1.54, 1.807) is 12.1 Å². The van der Waals surface area contributed by atoms with Crippen molar-refractivity contribution in [2.24, 2.45) is 0 Å². The normalized spacial score (nSPS) is 14.1. The molecule has 0 bridgehead atoms. The lowest BCUT2D eigenvalue weighted by Crippen LogP contribution is -2.24. The van der Waals surface area contributed by atoms with Crippen LogP contribution < -0.4 is 0 Å². The maximum absolute atomic E-state index is 12.8. The Morgan fingerprint density at radius 3 is 2.22 bits per heavy atom. The summed E-state index contributed by atoms with van der Waals surface area (Å²) in [6, 6.07) is 14.1. The zero-order chi connectivity index (χ0) is 19.4. The average Bonchev–Trinajstić information content (AvgIpc) is 2.99. The van der Waals surface area contributed by atoms with Crippen molar-refractivity contribution in [1.82, 2.24) is 4.90 Å². The van der Waals surface area contributed by atoms with Crippen molar-refractivity contribution in [2.45, 2.75) is 39.3 Å². The standard InChI is InChI=1S/C23H26F3N/c1-3-27(4-2)14-13-22-19(16-18-7-5-6-8-21(18)22)15-17-9-11-20(12-10-17)23(24,25)26/h5-12H,3-4,13-16H2,1-2H3. The minimum absolute atomic E-state index is 0.586. The Kier molecular flexibility index (Phi) is 6.05. The van der Waals surface area contributed by atoms with Gasteiger partial charge in [-0.25, -0.2) is 0 Å². The number of fused-ring (bicyclic) bond motifs is 1. The minimum Gasteiger partial charge on any atom is -0.304 e. The summed E-state index contributed by atoms with van der Waals surface area (Å²) in [6.07, 6.45) is -1.70. The Labute approximate surface area is 159 Å². The molecule has 0 atom stereocenters. The van der Waals surface area contributed by atoms with Crippen molar-refractivity contribution < 1.29 is 13.2 Å². The third kappa shape index (κ3) is 4.62. The Morgan fingerprint density at radius 2 is 1.59 bits per heavy atom. The molecule has 144 valence electrons. The topological polar surface area (TPSA) is 3.24 Å². The molecule has 0 spiro atoms. The molecule has 0 heterocycles. The van der Waals surface area contributed by atoms with E-state index < -0.39 is 11.7 Å². The first-order valence-corrected chi connectivity index (χ1v) is 9.60. The Hall–Kier alpha value is -2.07. The van der Waals surface area contributed by atoms with Gasteiger partial charge >= 0.3 is 6.18 Å². The predicted octanol–water partition coefficient (Wildman–Crippen LogP) is 5.99. The lowest BCUT2D eigenvalue weighted by atomic mass is 9.97. The number of benzene rings is 2. The number of rotatable bonds is 7. The van der Waals surface area contributed by atoms with Gasteiger partial charge in [0.1, 0.15) is 0 Å². The highest BCUT2D eigenvalue weighted by atomic mass is 19.4. The summed E-state index contributed by atoms with van der Waals surface area (Å²) in [6.45, 7) is 7.40. The molecular formula is C23H26F3N. The van der Waals surface area contributed by atoms with Gasteiger partial charge in [0.2, 0.25) is 0 Å². The highest BCUT2D eigenvalue weighted by Crippen LogP contribution is 2.37. The first kappa shape index (κ1) is 19.7. The van der Waals surface area contributed by atoms with Crippen LogP contribution in [0.1, 0.15) is 42.5 Å². The van der Waals surface area contributed by atoms with Gasteiger partial charge in [0, 0.05) is 6.54 Å². The van der Waals surface area contributed by atoms with E-state index >= 15 is 0 Å². The van der Waals surface area contributed by atoms with E-state index in [-0.39, 0.29) is 0 Å². The number of hydrogen-bond donors (Lipinski definition) is 0. The molecule has 2 aromatic carbocycles. The fourth-order valence-electron chi connectivity index (χ4n) is 3.84. The molecule has 0 aliphatic heterocycles. The van der Waals surface area contributed by atoms with Gasteiger partial charge in [-0.15, -0.1) is 0 Å². The molecule has 0 N–H and O–H groups in total. The minimum atomic E-state index is -4.28. The van der Waals surface area contributed by atoms with Gasteiger partial charge in [-0.1, -0.05) is 55.8 Å². The molecule has 0 fully saturated rings. The van der Waals surface area contributed by atoms with Gasteiger partial charge in [0.15, 0.2) is 0 Å². The van der Waals surface area contributed by atoms with E-state index in [2.05, 4.69) is 43.0 Å². The number of alkyl halides is 3. The molecule has 0 saturated heterocycles. The van der Waals surface area contributed by atoms with Crippen molar-refractivity contribution in [3.05, 3.63) is 76.4 Å². The van der Waals surface area contributed by atoms with E-state index in [0.717, 1.165) is 38.0 Å². The largest absolute Gasteiger partial charge is 0.416 e. The summed E-state index contributed by atoms with van der Waals surface area (Å²) in [5.74, 6) is 0. The zero-order valence-corrected chi connectivity index (χ0v) is 15.9. The maximum Gasteiger partial charge on any atom is 0.416 e. The van der Waals surface area contributed by atoms with Crippen LogP contribution in [-0.4, -0.2) is 24.5 Å². The molecule has 3 rings (SSSR count). The van der Waals surface area contributed by atoms with Crippen LogP contribution in [0.2, 0.25) is 0 Å². The van der Waals surface area contributed by atoms with E-state index in [0.29, 0.717) is 6.42 Å². The van der Waals surface area contributed by atoms with Crippen molar-refractivity contribution >= 4 is 5.57 Å². The Morgan fingerprint density at radius 1 is 0.926 bits per heavy atom. The molecule has 0 saturated carbocycles. The van der Waals surface area contributed by atoms with Crippen molar-refractivity contribution in [1.29, 1.82) is 0 Å². The molecule has 1 aliphatic carbocycles. The lowest BCUT2D eigenvalue weighted by Gasteiger charge is -2.19. The molecule has 1 aliphatic rings. The molecule has 0 radical (unpaired) electrons. The summed E-state index contributed by atoms with van der Waals surface area (Å²) in [4.78, 5) is 2.41. The van der Waals surface area contributed by atoms with E-state index in [1.807, 2.05) is 0 Å². The summed E-state index contributed by atoms with van der Waals surface area (Å²) in [7, 11) is 0. The molecule has 1 nitrogen and oxygen atoms in total. The number of halogens is 3. The van der Waals surface area contributed by atoms with Crippen LogP contribution in [0, 0.1) is 0 Å². The summed E-state index contributed by atoms with van der Waals surface area (Å²) < 4.78 is 38.4. The third-order valence-electron chi connectivity index (χ3n) is 5.44. The second kappa shape index (κ2) is 8.30. The van der Waals surface area contributed by atoms with Crippen LogP contribution in [0.4, 0.5) is 13.2 Å². The molecule has 4 heteroatoms. The lowest BCUT2D eigenvalue weighted by molar-refractivity contribution is -0.137. The summed E-state index contributed by atoms with van der Waals surface area (Å²) in [5.41, 5.74) is 5.70. The average molecular weight is 373 g/mol. The molecule has 0 aromatic heterocycles. The van der Waals surface area contributed by atoms with E-state index in [9.17, 15) is 13.2 Å². The summed E-state index contributed by atoms with van der Waals surface area (Å²) in [5, 5.41) is 0.